The van der Waals surface area contributed by atoms with E-state index in [4.69, 9.17) is 10.00 Å². The maximum absolute atomic E-state index is 8.36. The molecule has 2 atom stereocenters. The molecule has 2 heteroatoms. The Morgan fingerprint density at radius 1 is 1.44 bits per heavy atom. The minimum atomic E-state index is -0.134. The molecule has 1 heterocycles. The summed E-state index contributed by atoms with van der Waals surface area (Å²) < 4.78 is 5.07. The molecule has 1 aliphatic heterocycles. The third-order valence-corrected chi connectivity index (χ3v) is 1.47. The van der Waals surface area contributed by atoms with Crippen LogP contribution in [-0.4, -0.2) is 12.2 Å². The first-order valence-electron chi connectivity index (χ1n) is 3.11. The second-order valence-electron chi connectivity index (χ2n) is 3.47. The Bertz CT molecular complexity index is 151. The largest absolute Gasteiger partial charge is 0.353 e. The summed E-state index contributed by atoms with van der Waals surface area (Å²) in [4.78, 5) is 0. The average Bonchev–Trinajstić information content (AvgIpc) is 2.39. The predicted molar refractivity (Wildman–Crippen MR) is 33.7 cm³/mol. The Labute approximate surface area is 55.4 Å². The number of ether oxygens (including phenoxy) is 1. The molecule has 1 rings (SSSR count). The first-order valence-corrected chi connectivity index (χ1v) is 3.11. The predicted octanol–water partition coefficient (Wildman–Crippen LogP) is 1.32. The number of rotatable bonds is 0. The Balaban J connectivity index is 2.45. The van der Waals surface area contributed by atoms with Gasteiger partial charge in [-0.05, 0) is 5.41 Å². The third-order valence-electron chi connectivity index (χ3n) is 1.47. The van der Waals surface area contributed by atoms with E-state index in [1.54, 1.807) is 0 Å². The van der Waals surface area contributed by atoms with Gasteiger partial charge in [0.25, 0.3) is 0 Å². The summed E-state index contributed by atoms with van der Waals surface area (Å²) in [5.74, 6) is 0. The topological polar surface area (TPSA) is 36.3 Å². The van der Waals surface area contributed by atoms with Crippen molar-refractivity contribution in [3.63, 3.8) is 0 Å². The van der Waals surface area contributed by atoms with Crippen molar-refractivity contribution in [3.05, 3.63) is 0 Å². The monoisotopic (exact) mass is 125 g/mol. The molecule has 50 valence electrons. The van der Waals surface area contributed by atoms with Crippen molar-refractivity contribution in [2.45, 2.75) is 33.0 Å². The first-order chi connectivity index (χ1) is 4.05. The molecule has 1 saturated heterocycles. The van der Waals surface area contributed by atoms with Gasteiger partial charge in [-0.25, -0.2) is 0 Å². The summed E-state index contributed by atoms with van der Waals surface area (Å²) in [7, 11) is 0. The highest BCUT2D eigenvalue weighted by atomic mass is 16.6. The molecule has 0 aromatic carbocycles. The van der Waals surface area contributed by atoms with Crippen LogP contribution in [0, 0.1) is 16.7 Å². The molecule has 0 spiro atoms. The normalized spacial score (nSPS) is 33.6. The van der Waals surface area contributed by atoms with E-state index in [9.17, 15) is 0 Å². The molecule has 2 nitrogen and oxygen atoms in total. The molecule has 0 bridgehead atoms. The highest BCUT2D eigenvalue weighted by Gasteiger charge is 2.47. The molecule has 9 heavy (non-hydrogen) atoms. The van der Waals surface area contributed by atoms with Crippen molar-refractivity contribution in [1.29, 1.82) is 5.26 Å². The molecule has 0 N–H and O–H groups in total. The Morgan fingerprint density at radius 2 is 2.00 bits per heavy atom. The summed E-state index contributed by atoms with van der Waals surface area (Å²) in [5.41, 5.74) is 0.139. The van der Waals surface area contributed by atoms with Crippen LogP contribution in [0.5, 0.6) is 0 Å². The van der Waals surface area contributed by atoms with Crippen LogP contribution in [0.4, 0.5) is 0 Å². The van der Waals surface area contributed by atoms with Crippen molar-refractivity contribution in [2.24, 2.45) is 5.41 Å². The Kier molecular flexibility index (Phi) is 1.25. The summed E-state index contributed by atoms with van der Waals surface area (Å²) >= 11 is 0. The van der Waals surface area contributed by atoms with Gasteiger partial charge >= 0.3 is 0 Å². The standard InChI is InChI=1S/C7H11NO/c1-7(2,3)6-5(4-8)9-6/h5-6H,1-3H3. The van der Waals surface area contributed by atoms with Crippen molar-refractivity contribution < 1.29 is 4.74 Å². The van der Waals surface area contributed by atoms with Gasteiger partial charge in [-0.2, -0.15) is 5.26 Å². The lowest BCUT2D eigenvalue weighted by molar-refractivity contribution is 0.263. The van der Waals surface area contributed by atoms with Gasteiger partial charge in [-0.1, -0.05) is 20.8 Å². The van der Waals surface area contributed by atoms with Gasteiger partial charge in [0.2, 0.25) is 0 Å². The molecule has 0 aliphatic carbocycles. The smallest absolute Gasteiger partial charge is 0.171 e. The van der Waals surface area contributed by atoms with Crippen LogP contribution in [-0.2, 0) is 4.74 Å². The van der Waals surface area contributed by atoms with E-state index in [1.165, 1.54) is 0 Å². The zero-order valence-electron chi connectivity index (χ0n) is 6.01. The second kappa shape index (κ2) is 1.71. The molecule has 1 fully saturated rings. The van der Waals surface area contributed by atoms with Gasteiger partial charge in [0, 0.05) is 0 Å². The van der Waals surface area contributed by atoms with Gasteiger partial charge in [-0.3, -0.25) is 0 Å². The van der Waals surface area contributed by atoms with E-state index in [0.29, 0.717) is 0 Å². The summed E-state index contributed by atoms with van der Waals surface area (Å²) in [6.45, 7) is 6.24. The number of nitriles is 1. The fraction of sp³-hybridized carbons (Fsp3) is 0.857. The molecule has 0 saturated carbocycles. The quantitative estimate of drug-likeness (QED) is 0.458. The van der Waals surface area contributed by atoms with Gasteiger partial charge in [0.05, 0.1) is 6.07 Å². The van der Waals surface area contributed by atoms with Crippen LogP contribution < -0.4 is 0 Å². The van der Waals surface area contributed by atoms with Crippen molar-refractivity contribution >= 4 is 0 Å². The molecule has 0 amide bonds. The second-order valence-corrected chi connectivity index (χ2v) is 3.47. The summed E-state index contributed by atoms with van der Waals surface area (Å²) in [6.07, 6.45) is 0.0347. The van der Waals surface area contributed by atoms with Crippen molar-refractivity contribution in [1.82, 2.24) is 0 Å². The molecule has 2 unspecified atom stereocenters. The Morgan fingerprint density at radius 3 is 2.11 bits per heavy atom. The molecule has 0 radical (unpaired) electrons. The van der Waals surface area contributed by atoms with E-state index in [1.807, 2.05) is 0 Å². The maximum Gasteiger partial charge on any atom is 0.171 e. The van der Waals surface area contributed by atoms with E-state index in [0.717, 1.165) is 0 Å². The maximum atomic E-state index is 8.36. The number of hydrogen-bond acceptors (Lipinski definition) is 2. The number of hydrogen-bond donors (Lipinski definition) is 0. The minimum absolute atomic E-state index is 0.134. The molecular weight excluding hydrogens is 114 g/mol. The lowest BCUT2D eigenvalue weighted by atomic mass is 9.90. The highest BCUT2D eigenvalue weighted by molar-refractivity contribution is 5.06. The number of nitrogens with zero attached hydrogens (tertiary/aromatic N) is 1. The molecule has 0 aromatic rings. The lowest BCUT2D eigenvalue weighted by Crippen LogP contribution is -2.15. The van der Waals surface area contributed by atoms with Crippen LogP contribution >= 0.6 is 0 Å². The van der Waals surface area contributed by atoms with Crippen LogP contribution in [0.25, 0.3) is 0 Å². The van der Waals surface area contributed by atoms with Crippen LogP contribution in [0.1, 0.15) is 20.8 Å². The van der Waals surface area contributed by atoms with Crippen LogP contribution in [0.2, 0.25) is 0 Å². The fourth-order valence-electron chi connectivity index (χ4n) is 0.869. The zero-order chi connectivity index (χ0) is 7.07. The van der Waals surface area contributed by atoms with E-state index < -0.39 is 0 Å². The average molecular weight is 125 g/mol. The number of epoxide rings is 1. The fourth-order valence-corrected chi connectivity index (χ4v) is 0.869. The summed E-state index contributed by atoms with van der Waals surface area (Å²) in [6, 6.07) is 2.07. The van der Waals surface area contributed by atoms with E-state index >= 15 is 0 Å². The first kappa shape index (κ1) is 6.57. The van der Waals surface area contributed by atoms with Crippen LogP contribution in [0.3, 0.4) is 0 Å². The lowest BCUT2D eigenvalue weighted by Gasteiger charge is -2.12. The molecular formula is C7H11NO. The Hall–Kier alpha value is -0.550. The van der Waals surface area contributed by atoms with Crippen LogP contribution in [0.15, 0.2) is 0 Å². The van der Waals surface area contributed by atoms with E-state index in [-0.39, 0.29) is 17.6 Å². The molecule has 0 aromatic heterocycles. The van der Waals surface area contributed by atoms with Gasteiger partial charge in [0.15, 0.2) is 6.10 Å². The van der Waals surface area contributed by atoms with Gasteiger partial charge < -0.3 is 4.74 Å². The van der Waals surface area contributed by atoms with Gasteiger partial charge in [0.1, 0.15) is 6.10 Å². The van der Waals surface area contributed by atoms with Crippen molar-refractivity contribution in [2.75, 3.05) is 0 Å². The summed E-state index contributed by atoms with van der Waals surface area (Å²) in [5, 5.41) is 8.36. The minimum Gasteiger partial charge on any atom is -0.353 e. The van der Waals surface area contributed by atoms with Crippen molar-refractivity contribution in [3.8, 4) is 6.07 Å². The van der Waals surface area contributed by atoms with Gasteiger partial charge in [-0.15, -0.1) is 0 Å². The van der Waals surface area contributed by atoms with E-state index in [2.05, 4.69) is 26.8 Å². The third kappa shape index (κ3) is 1.22. The SMILES string of the molecule is CC(C)(C)C1OC1C#N. The highest BCUT2D eigenvalue weighted by Crippen LogP contribution is 2.37. The molecule has 1 aliphatic rings. The zero-order valence-corrected chi connectivity index (χ0v) is 6.01.